The number of rotatable bonds is 24. The second-order valence-corrected chi connectivity index (χ2v) is 16.3. The van der Waals surface area contributed by atoms with Gasteiger partial charge in [0.05, 0.1) is 24.8 Å². The van der Waals surface area contributed by atoms with Crippen LogP contribution in [-0.4, -0.2) is 6.61 Å². The van der Waals surface area contributed by atoms with Crippen molar-refractivity contribution in [2.45, 2.75) is 169 Å². The van der Waals surface area contributed by atoms with Crippen molar-refractivity contribution in [3.05, 3.63) is 105 Å². The number of nitriles is 1. The van der Waals surface area contributed by atoms with Crippen LogP contribution in [0.4, 0.5) is 0 Å². The molecule has 1 aliphatic carbocycles. The van der Waals surface area contributed by atoms with Gasteiger partial charge in [0.25, 0.3) is 0 Å². The zero-order chi connectivity index (χ0) is 39.6. The van der Waals surface area contributed by atoms with Gasteiger partial charge in [0.1, 0.15) is 5.75 Å². The number of allylic oxidation sites excluding steroid dienone is 2. The van der Waals surface area contributed by atoms with E-state index in [1.54, 1.807) is 0 Å². The van der Waals surface area contributed by atoms with Gasteiger partial charge in [-0.2, -0.15) is 5.26 Å². The highest BCUT2D eigenvalue weighted by molar-refractivity contribution is 5.91. The third-order valence-corrected chi connectivity index (χ3v) is 12.2. The summed E-state index contributed by atoms with van der Waals surface area (Å²) in [5, 5.41) is 10.0. The largest absolute Gasteiger partial charge is 0.493 e. The smallest absolute Gasteiger partial charge is 0.195 e. The number of hydrogen-bond acceptors (Lipinski definition) is 2. The Morgan fingerprint density at radius 3 is 1.95 bits per heavy atom. The molecular weight excluding hydrogens is 669 g/mol. The first kappa shape index (κ1) is 43.6. The summed E-state index contributed by atoms with van der Waals surface area (Å²) < 4.78 is 6.56. The van der Waals surface area contributed by atoms with Gasteiger partial charge in [0.15, 0.2) is 5.70 Å². The average molecular weight is 739 g/mol. The highest BCUT2D eigenvalue weighted by atomic mass is 16.5. The van der Waals surface area contributed by atoms with Crippen LogP contribution in [0.1, 0.15) is 189 Å². The second-order valence-electron chi connectivity index (χ2n) is 16.3. The minimum Gasteiger partial charge on any atom is -0.493 e. The molecular formula is C52H70N2O. The Morgan fingerprint density at radius 2 is 1.36 bits per heavy atom. The predicted molar refractivity (Wildman–Crippen MR) is 237 cm³/mol. The van der Waals surface area contributed by atoms with Crippen molar-refractivity contribution in [1.29, 1.82) is 5.26 Å². The van der Waals surface area contributed by atoms with E-state index in [4.69, 9.17) is 11.3 Å². The third-order valence-electron chi connectivity index (χ3n) is 12.2. The van der Waals surface area contributed by atoms with Crippen LogP contribution in [0.25, 0.3) is 33.3 Å². The zero-order valence-electron chi connectivity index (χ0n) is 35.6. The van der Waals surface area contributed by atoms with E-state index in [1.807, 2.05) is 25.1 Å². The summed E-state index contributed by atoms with van der Waals surface area (Å²) in [7, 11) is 0. The van der Waals surface area contributed by atoms with E-state index in [2.05, 4.69) is 94.9 Å². The summed E-state index contributed by atoms with van der Waals surface area (Å²) in [5.74, 6) is 1.15. The molecule has 0 N–H and O–H groups in total. The molecule has 294 valence electrons. The lowest BCUT2D eigenvalue weighted by Crippen LogP contribution is -2.25. The lowest BCUT2D eigenvalue weighted by molar-refractivity contribution is 0.233. The number of nitrogens with zero attached hydrogens (tertiary/aromatic N) is 2. The molecule has 1 aliphatic rings. The molecule has 55 heavy (non-hydrogen) atoms. The maximum atomic E-state index is 10.0. The molecule has 0 aromatic heterocycles. The van der Waals surface area contributed by atoms with Crippen LogP contribution in [0, 0.1) is 37.7 Å². The first-order valence-electron chi connectivity index (χ1n) is 22.0. The Bertz CT molecular complexity index is 1810. The Hall–Kier alpha value is -4.08. The van der Waals surface area contributed by atoms with Gasteiger partial charge in [-0.15, -0.1) is 0 Å². The normalized spacial score (nSPS) is 13.9. The standard InChI is InChI=1S/C52H70N2O/c1-9-14-17-19-21-23-30-52(31-24-22-20-18-15-10-2)48-32-39(6)26-28-44(48)45-29-27-42(34-49(45)52)35-50(54-8)46-36-51(55-38-41(12-4)25-16-11-3)47(33-40(46)7)43(13-5)37-53/h13,26-29,32-36,41H,9-12,14-25,30-31,38H2,1-7H3/b43-13+,50-35-. The summed E-state index contributed by atoms with van der Waals surface area (Å²) in [6.45, 7) is 24.3. The fourth-order valence-electron chi connectivity index (χ4n) is 8.80. The van der Waals surface area contributed by atoms with Gasteiger partial charge in [0, 0.05) is 11.0 Å². The minimum atomic E-state index is -0.0132. The Morgan fingerprint density at radius 1 is 0.764 bits per heavy atom. The van der Waals surface area contributed by atoms with Crippen LogP contribution in [0.3, 0.4) is 0 Å². The molecule has 3 heteroatoms. The van der Waals surface area contributed by atoms with Crippen LogP contribution < -0.4 is 4.74 Å². The minimum absolute atomic E-state index is 0.0132. The first-order valence-corrected chi connectivity index (χ1v) is 22.0. The molecule has 3 aromatic carbocycles. The fraction of sp³-hybridized carbons (Fsp3) is 0.538. The molecule has 4 rings (SSSR count). The van der Waals surface area contributed by atoms with Crippen molar-refractivity contribution in [3.63, 3.8) is 0 Å². The monoisotopic (exact) mass is 739 g/mol. The molecule has 3 aromatic rings. The number of hydrogen-bond donors (Lipinski definition) is 0. The molecule has 0 radical (unpaired) electrons. The van der Waals surface area contributed by atoms with Crippen molar-refractivity contribution >= 4 is 17.3 Å². The summed E-state index contributed by atoms with van der Waals surface area (Å²) in [5.41, 5.74) is 12.0. The number of fused-ring (bicyclic) bond motifs is 3. The van der Waals surface area contributed by atoms with Gasteiger partial charge in [-0.25, -0.2) is 4.85 Å². The molecule has 0 spiro atoms. The highest BCUT2D eigenvalue weighted by Gasteiger charge is 2.42. The van der Waals surface area contributed by atoms with Crippen molar-refractivity contribution in [1.82, 2.24) is 0 Å². The Balaban J connectivity index is 1.78. The van der Waals surface area contributed by atoms with Gasteiger partial charge in [-0.3, -0.25) is 0 Å². The predicted octanol–water partition coefficient (Wildman–Crippen LogP) is 16.0. The van der Waals surface area contributed by atoms with Gasteiger partial charge < -0.3 is 4.74 Å². The summed E-state index contributed by atoms with van der Waals surface area (Å²) in [6.07, 6.45) is 26.4. The molecule has 1 unspecified atom stereocenters. The summed E-state index contributed by atoms with van der Waals surface area (Å²) in [6, 6.07) is 20.6. The van der Waals surface area contributed by atoms with Crippen LogP contribution >= 0.6 is 0 Å². The number of unbranched alkanes of at least 4 members (excludes halogenated alkanes) is 11. The fourth-order valence-corrected chi connectivity index (χ4v) is 8.80. The molecule has 0 saturated heterocycles. The number of aryl methyl sites for hydroxylation is 2. The SMILES string of the molecule is [C-]#[N+]/C(=C\c1ccc2c(c1)C(CCCCCCCC)(CCCCCCCC)c1cc(C)ccc1-2)c1cc(OCC(CC)CCCC)c(/C(C#N)=C/C)cc1C. The van der Waals surface area contributed by atoms with E-state index in [-0.39, 0.29) is 5.41 Å². The Kier molecular flexibility index (Phi) is 17.8. The molecule has 0 heterocycles. The van der Waals surface area contributed by atoms with Gasteiger partial charge in [-0.05, 0) is 97.5 Å². The zero-order valence-corrected chi connectivity index (χ0v) is 35.6. The van der Waals surface area contributed by atoms with Crippen molar-refractivity contribution in [2.75, 3.05) is 6.61 Å². The number of benzene rings is 3. The molecule has 0 fully saturated rings. The van der Waals surface area contributed by atoms with E-state index < -0.39 is 0 Å². The quantitative estimate of drug-likeness (QED) is 0.0397. The van der Waals surface area contributed by atoms with Crippen LogP contribution in [0.5, 0.6) is 5.75 Å². The molecule has 0 amide bonds. The van der Waals surface area contributed by atoms with E-state index in [0.29, 0.717) is 29.5 Å². The first-order chi connectivity index (χ1) is 26.8. The van der Waals surface area contributed by atoms with E-state index in [0.717, 1.165) is 35.1 Å². The van der Waals surface area contributed by atoms with E-state index in [1.165, 1.54) is 131 Å². The molecule has 1 atom stereocenters. The van der Waals surface area contributed by atoms with Crippen LogP contribution in [0.15, 0.2) is 54.6 Å². The average Bonchev–Trinajstić information content (AvgIpc) is 3.45. The Labute approximate surface area is 336 Å². The molecule has 0 saturated carbocycles. The van der Waals surface area contributed by atoms with E-state index in [9.17, 15) is 5.26 Å². The maximum absolute atomic E-state index is 10.0. The summed E-state index contributed by atoms with van der Waals surface area (Å²) in [4.78, 5) is 4.15. The lowest BCUT2D eigenvalue weighted by Gasteiger charge is -2.33. The van der Waals surface area contributed by atoms with Crippen LogP contribution in [0.2, 0.25) is 0 Å². The number of ether oxygens (including phenoxy) is 1. The van der Waals surface area contributed by atoms with Crippen LogP contribution in [-0.2, 0) is 5.41 Å². The molecule has 0 aliphatic heterocycles. The third kappa shape index (κ3) is 11.3. The molecule has 3 nitrogen and oxygen atoms in total. The lowest BCUT2D eigenvalue weighted by atomic mass is 9.70. The second kappa shape index (κ2) is 22.5. The highest BCUT2D eigenvalue weighted by Crippen LogP contribution is 2.55. The van der Waals surface area contributed by atoms with Crippen molar-refractivity contribution in [2.24, 2.45) is 5.92 Å². The topological polar surface area (TPSA) is 37.4 Å². The van der Waals surface area contributed by atoms with Gasteiger partial charge >= 0.3 is 0 Å². The summed E-state index contributed by atoms with van der Waals surface area (Å²) >= 11 is 0. The van der Waals surface area contributed by atoms with Crippen molar-refractivity contribution in [3.8, 4) is 22.9 Å². The van der Waals surface area contributed by atoms with E-state index >= 15 is 0 Å². The van der Waals surface area contributed by atoms with Crippen molar-refractivity contribution < 1.29 is 4.74 Å². The maximum Gasteiger partial charge on any atom is 0.195 e. The van der Waals surface area contributed by atoms with Gasteiger partial charge in [0.2, 0.25) is 0 Å². The van der Waals surface area contributed by atoms with Gasteiger partial charge in [-0.1, -0.05) is 178 Å². The molecule has 0 bridgehead atoms.